The predicted octanol–water partition coefficient (Wildman–Crippen LogP) is 1.92. The Hall–Kier alpha value is -2.78. The second-order valence-electron chi connectivity index (χ2n) is 4.01. The molecular weight excluding hydrogens is 276 g/mol. The summed E-state index contributed by atoms with van der Waals surface area (Å²) in [6, 6.07) is 4.35. The third-order valence-electron chi connectivity index (χ3n) is 2.57. The van der Waals surface area contributed by atoms with E-state index in [0.717, 1.165) is 12.1 Å². The highest BCUT2D eigenvalue weighted by atomic mass is 19.1. The topological polar surface area (TPSA) is 68.0 Å². The summed E-state index contributed by atoms with van der Waals surface area (Å²) >= 11 is 0. The standard InChI is InChI=1S/C15H11F2N3O/c16-11-3-4-14(13(17)8-11)20-15(21)12-5-7-19-9-10(12)2-1-6-18/h3-5,7-9H,6,18H2,(H,20,21). The van der Waals surface area contributed by atoms with Crippen LogP contribution in [0.4, 0.5) is 14.5 Å². The zero-order valence-corrected chi connectivity index (χ0v) is 10.9. The molecule has 4 nitrogen and oxygen atoms in total. The van der Waals surface area contributed by atoms with Crippen molar-refractivity contribution in [2.75, 3.05) is 11.9 Å². The van der Waals surface area contributed by atoms with Crippen molar-refractivity contribution < 1.29 is 13.6 Å². The second-order valence-corrected chi connectivity index (χ2v) is 4.01. The first kappa shape index (κ1) is 14.6. The lowest BCUT2D eigenvalue weighted by Crippen LogP contribution is -2.15. The van der Waals surface area contributed by atoms with Crippen molar-refractivity contribution in [3.05, 3.63) is 59.4 Å². The van der Waals surface area contributed by atoms with E-state index in [9.17, 15) is 13.6 Å². The number of rotatable bonds is 2. The first-order chi connectivity index (χ1) is 10.1. The molecule has 1 heterocycles. The first-order valence-corrected chi connectivity index (χ1v) is 6.01. The van der Waals surface area contributed by atoms with Gasteiger partial charge in [0.15, 0.2) is 0 Å². The second kappa shape index (κ2) is 6.59. The molecule has 0 aliphatic rings. The summed E-state index contributed by atoms with van der Waals surface area (Å²) in [5.74, 6) is 3.19. The van der Waals surface area contributed by atoms with Gasteiger partial charge in [-0.15, -0.1) is 0 Å². The number of nitrogens with two attached hydrogens (primary N) is 1. The number of nitrogens with one attached hydrogen (secondary N) is 1. The number of carbonyl (C=O) groups excluding carboxylic acids is 1. The van der Waals surface area contributed by atoms with Gasteiger partial charge in [-0.1, -0.05) is 11.8 Å². The Morgan fingerprint density at radius 1 is 1.33 bits per heavy atom. The van der Waals surface area contributed by atoms with Crippen LogP contribution >= 0.6 is 0 Å². The third kappa shape index (κ3) is 3.61. The van der Waals surface area contributed by atoms with Gasteiger partial charge in [-0.2, -0.15) is 0 Å². The molecule has 1 aromatic heterocycles. The number of anilines is 1. The highest BCUT2D eigenvalue weighted by Gasteiger charge is 2.13. The van der Waals surface area contributed by atoms with Gasteiger partial charge in [-0.05, 0) is 18.2 Å². The molecule has 3 N–H and O–H groups in total. The Kier molecular flexibility index (Phi) is 4.59. The minimum atomic E-state index is -0.855. The highest BCUT2D eigenvalue weighted by molar-refractivity contribution is 6.05. The van der Waals surface area contributed by atoms with Crippen LogP contribution in [-0.2, 0) is 0 Å². The zero-order chi connectivity index (χ0) is 15.2. The molecule has 1 aromatic carbocycles. The fraction of sp³-hybridized carbons (Fsp3) is 0.0667. The van der Waals surface area contributed by atoms with Crippen molar-refractivity contribution in [1.82, 2.24) is 4.98 Å². The summed E-state index contributed by atoms with van der Waals surface area (Å²) in [6.07, 6.45) is 2.84. The molecule has 0 bridgehead atoms. The van der Waals surface area contributed by atoms with Gasteiger partial charge in [0.05, 0.1) is 23.4 Å². The van der Waals surface area contributed by atoms with E-state index in [1.165, 1.54) is 18.5 Å². The summed E-state index contributed by atoms with van der Waals surface area (Å²) in [7, 11) is 0. The van der Waals surface area contributed by atoms with Crippen LogP contribution in [-0.4, -0.2) is 17.4 Å². The lowest BCUT2D eigenvalue weighted by molar-refractivity contribution is 0.102. The summed E-state index contributed by atoms with van der Waals surface area (Å²) in [6.45, 7) is 0.141. The quantitative estimate of drug-likeness (QED) is 0.829. The van der Waals surface area contributed by atoms with Crippen molar-refractivity contribution in [2.45, 2.75) is 0 Å². The van der Waals surface area contributed by atoms with Crippen LogP contribution in [0.5, 0.6) is 0 Å². The van der Waals surface area contributed by atoms with Crippen LogP contribution in [0.2, 0.25) is 0 Å². The van der Waals surface area contributed by atoms with Crippen molar-refractivity contribution in [2.24, 2.45) is 5.73 Å². The van der Waals surface area contributed by atoms with Crippen LogP contribution in [0, 0.1) is 23.5 Å². The molecule has 0 fully saturated rings. The van der Waals surface area contributed by atoms with Crippen molar-refractivity contribution in [3.8, 4) is 11.8 Å². The van der Waals surface area contributed by atoms with E-state index in [1.54, 1.807) is 0 Å². The SMILES string of the molecule is NCC#Cc1cnccc1C(=O)Nc1ccc(F)cc1F. The molecule has 106 valence electrons. The van der Waals surface area contributed by atoms with Gasteiger partial charge in [0.2, 0.25) is 0 Å². The monoisotopic (exact) mass is 287 g/mol. The minimum Gasteiger partial charge on any atom is -0.320 e. The Morgan fingerprint density at radius 2 is 2.14 bits per heavy atom. The van der Waals surface area contributed by atoms with E-state index in [0.29, 0.717) is 11.6 Å². The molecular formula is C15H11F2N3O. The summed E-state index contributed by atoms with van der Waals surface area (Å²) in [5.41, 5.74) is 5.77. The molecule has 1 amide bonds. The Morgan fingerprint density at radius 3 is 2.86 bits per heavy atom. The minimum absolute atomic E-state index is 0.115. The van der Waals surface area contributed by atoms with Crippen LogP contribution in [0.1, 0.15) is 15.9 Å². The number of amides is 1. The van der Waals surface area contributed by atoms with Gasteiger partial charge in [0.25, 0.3) is 5.91 Å². The normalized spacial score (nSPS) is 9.67. The van der Waals surface area contributed by atoms with Gasteiger partial charge in [-0.25, -0.2) is 8.78 Å². The number of aromatic nitrogens is 1. The van der Waals surface area contributed by atoms with E-state index in [1.807, 2.05) is 0 Å². The van der Waals surface area contributed by atoms with E-state index in [2.05, 4.69) is 22.1 Å². The molecule has 0 saturated carbocycles. The van der Waals surface area contributed by atoms with Gasteiger partial charge in [-0.3, -0.25) is 9.78 Å². The maximum atomic E-state index is 13.5. The summed E-state index contributed by atoms with van der Waals surface area (Å²) in [5, 5.41) is 2.36. The lowest BCUT2D eigenvalue weighted by atomic mass is 10.1. The fourth-order valence-corrected chi connectivity index (χ4v) is 1.62. The van der Waals surface area contributed by atoms with E-state index in [4.69, 9.17) is 5.73 Å². The Bertz CT molecular complexity index is 735. The molecule has 0 unspecified atom stereocenters. The molecule has 0 aliphatic carbocycles. The van der Waals surface area contributed by atoms with E-state index < -0.39 is 17.5 Å². The molecule has 0 radical (unpaired) electrons. The molecule has 6 heteroatoms. The first-order valence-electron chi connectivity index (χ1n) is 6.01. The molecule has 0 aliphatic heterocycles. The number of hydrogen-bond acceptors (Lipinski definition) is 3. The van der Waals surface area contributed by atoms with Gasteiger partial charge >= 0.3 is 0 Å². The summed E-state index contributed by atoms with van der Waals surface area (Å²) < 4.78 is 26.3. The molecule has 2 rings (SSSR count). The largest absolute Gasteiger partial charge is 0.320 e. The van der Waals surface area contributed by atoms with Crippen LogP contribution in [0.25, 0.3) is 0 Å². The van der Waals surface area contributed by atoms with Crippen LogP contribution in [0.3, 0.4) is 0 Å². The number of halogens is 2. The Balaban J connectivity index is 2.28. The number of carbonyl (C=O) groups is 1. The maximum Gasteiger partial charge on any atom is 0.257 e. The third-order valence-corrected chi connectivity index (χ3v) is 2.57. The van der Waals surface area contributed by atoms with Crippen LogP contribution in [0.15, 0.2) is 36.7 Å². The Labute approximate surface area is 120 Å². The molecule has 0 saturated heterocycles. The average Bonchev–Trinajstić information content (AvgIpc) is 2.48. The fourth-order valence-electron chi connectivity index (χ4n) is 1.62. The van der Waals surface area contributed by atoms with E-state index in [-0.39, 0.29) is 17.8 Å². The summed E-state index contributed by atoms with van der Waals surface area (Å²) in [4.78, 5) is 16.0. The molecule has 0 spiro atoms. The lowest BCUT2D eigenvalue weighted by Gasteiger charge is -2.07. The average molecular weight is 287 g/mol. The smallest absolute Gasteiger partial charge is 0.257 e. The number of pyridine rings is 1. The molecule has 21 heavy (non-hydrogen) atoms. The van der Waals surface area contributed by atoms with Crippen LogP contribution < -0.4 is 11.1 Å². The predicted molar refractivity (Wildman–Crippen MR) is 74.5 cm³/mol. The molecule has 2 aromatic rings. The van der Waals surface area contributed by atoms with Crippen molar-refractivity contribution in [1.29, 1.82) is 0 Å². The number of nitrogens with zero attached hydrogens (tertiary/aromatic N) is 1. The maximum absolute atomic E-state index is 13.5. The van der Waals surface area contributed by atoms with Gasteiger partial charge < -0.3 is 11.1 Å². The van der Waals surface area contributed by atoms with Crippen molar-refractivity contribution >= 4 is 11.6 Å². The zero-order valence-electron chi connectivity index (χ0n) is 10.9. The van der Waals surface area contributed by atoms with Gasteiger partial charge in [0.1, 0.15) is 11.6 Å². The van der Waals surface area contributed by atoms with E-state index >= 15 is 0 Å². The highest BCUT2D eigenvalue weighted by Crippen LogP contribution is 2.17. The number of benzene rings is 1. The van der Waals surface area contributed by atoms with Crippen molar-refractivity contribution in [3.63, 3.8) is 0 Å². The molecule has 0 atom stereocenters. The number of hydrogen-bond donors (Lipinski definition) is 2. The van der Waals surface area contributed by atoms with Gasteiger partial charge in [0, 0.05) is 18.5 Å².